The highest BCUT2D eigenvalue weighted by Gasteiger charge is 2.81. The monoisotopic (exact) mass is 1270 g/mol. The molecule has 88 heavy (non-hydrogen) atoms. The fraction of sp³-hybridized carbons (Fsp3) is 0.365. The lowest BCUT2D eigenvalue weighted by atomic mass is 9.87. The highest BCUT2D eigenvalue weighted by atomic mass is 19.4. The number of halogens is 12. The molecular weight excluding hydrogens is 1240 g/mol. The molecule has 2 aliphatic carbocycles. The minimum Gasteiger partial charge on any atom is -0.480 e. The van der Waals surface area contributed by atoms with Crippen LogP contribution in [0.5, 0.6) is 0 Å². The van der Waals surface area contributed by atoms with Gasteiger partial charge in [0.25, 0.3) is 41.0 Å². The molecule has 0 bridgehead atoms. The summed E-state index contributed by atoms with van der Waals surface area (Å²) in [5.41, 5.74) is -4.81. The van der Waals surface area contributed by atoms with Crippen LogP contribution in [0.2, 0.25) is 0 Å². The van der Waals surface area contributed by atoms with E-state index in [-0.39, 0.29) is 62.9 Å². The van der Waals surface area contributed by atoms with Crippen molar-refractivity contribution < 1.29 is 168 Å². The number of aliphatic hydroxyl groups excluding tert-OH is 2. The molecule has 0 atom stereocenters. The number of carbonyl (C=O) groups excluding carboxylic acids is 9. The van der Waals surface area contributed by atoms with Crippen LogP contribution in [0.3, 0.4) is 0 Å². The maximum absolute atomic E-state index is 13.3. The van der Waals surface area contributed by atoms with Gasteiger partial charge in [0.05, 0.1) is 7.11 Å². The molecule has 0 aromatic carbocycles. The third-order valence-electron chi connectivity index (χ3n) is 13.3. The van der Waals surface area contributed by atoms with Crippen LogP contribution >= 0.6 is 0 Å². The number of cyclic esters (lactones) is 2. The molecule has 0 aromatic rings. The van der Waals surface area contributed by atoms with Gasteiger partial charge < -0.3 is 71.8 Å². The highest BCUT2D eigenvalue weighted by Crippen LogP contribution is 2.53. The predicted octanol–water partition coefficient (Wildman–Crippen LogP) is 7.10. The molecule has 0 amide bonds. The molecule has 36 heteroatoms. The third-order valence-corrected chi connectivity index (χ3v) is 13.3. The molecule has 3 saturated heterocycles. The molecule has 0 radical (unpaired) electrons. The van der Waals surface area contributed by atoms with Crippen LogP contribution in [0.4, 0.5) is 52.7 Å². The Morgan fingerprint density at radius 2 is 0.568 bits per heavy atom. The van der Waals surface area contributed by atoms with E-state index in [1.807, 2.05) is 0 Å². The number of rotatable bonds is 10. The number of carbonyl (C=O) groups is 9. The van der Waals surface area contributed by atoms with Crippen LogP contribution in [0.15, 0.2) is 142 Å². The second-order valence-corrected chi connectivity index (χ2v) is 19.0. The van der Waals surface area contributed by atoms with E-state index >= 15 is 0 Å². The summed E-state index contributed by atoms with van der Waals surface area (Å²) >= 11 is 0. The molecule has 8 rings (SSSR count). The first-order valence-electron chi connectivity index (χ1n) is 24.6. The predicted molar refractivity (Wildman–Crippen MR) is 248 cm³/mol. The van der Waals surface area contributed by atoms with Gasteiger partial charge in [-0.1, -0.05) is 54.7 Å². The number of hydrogen-bond donors (Lipinski definition) is 2. The van der Waals surface area contributed by atoms with Crippen LogP contribution in [0, 0.1) is 0 Å². The Bertz CT molecular complexity index is 3320. The summed E-state index contributed by atoms with van der Waals surface area (Å²) < 4.78 is 222. The topological polar surface area (TPSA) is 314 Å². The standard InChI is InChI=1S/C52H36F12O24/c1-76-42-30(41(75)83-46(88-42)23-21-45(22-24-46)81-35(69)26(36(70)82-45)12-6-3-8-15-29-39(73)86-48(51(59,60)61,52(62,63)64)87-40(29)74)16-10-4-9-13-27-33(67)79-44(80-34(27)68)19-17-43(18-20-44)77-31(65)25(32(66)78-43)11-5-2-7-14-28-37(71)84-47(49(53,54)55,50(56,57)58)85-38(28)72/h2-16,71,73H,17-24H2,1H3/b5-2?,6-3+,9-4+,14-7?,15-8+,16-10+,25-11?,26-12?,27-13?. The van der Waals surface area contributed by atoms with Gasteiger partial charge in [0.2, 0.25) is 0 Å². The van der Waals surface area contributed by atoms with Gasteiger partial charge in [-0.3, -0.25) is 0 Å². The average molecular weight is 1270 g/mol. The lowest BCUT2D eigenvalue weighted by molar-refractivity contribution is -0.456. The van der Waals surface area contributed by atoms with Crippen LogP contribution < -0.4 is 0 Å². The molecule has 472 valence electrons. The largest absolute Gasteiger partial charge is 0.480 e. The first-order chi connectivity index (χ1) is 40.9. The van der Waals surface area contributed by atoms with Gasteiger partial charge in [-0.15, -0.1) is 0 Å². The van der Waals surface area contributed by atoms with Gasteiger partial charge in [-0.05, 0) is 36.5 Å². The zero-order valence-electron chi connectivity index (χ0n) is 43.7. The Kier molecular flexibility index (Phi) is 16.6. The Hall–Kier alpha value is -9.93. The van der Waals surface area contributed by atoms with E-state index in [4.69, 9.17) is 42.6 Å². The molecule has 0 aromatic heterocycles. The normalized spacial score (nSPS) is 28.1. The summed E-state index contributed by atoms with van der Waals surface area (Å²) in [6, 6.07) is 0. The number of alkyl halides is 12. The summed E-state index contributed by atoms with van der Waals surface area (Å²) in [4.78, 5) is 115. The van der Waals surface area contributed by atoms with Crippen LogP contribution in [-0.4, -0.2) is 130 Å². The van der Waals surface area contributed by atoms with Gasteiger partial charge in [0.15, 0.2) is 0 Å². The minimum atomic E-state index is -6.36. The molecule has 2 N–H and O–H groups in total. The second kappa shape index (κ2) is 22.7. The van der Waals surface area contributed by atoms with E-state index in [0.29, 0.717) is 12.2 Å². The summed E-state index contributed by atoms with van der Waals surface area (Å²) in [6.45, 7) is 0. The van der Waals surface area contributed by atoms with Gasteiger partial charge in [0.1, 0.15) is 33.4 Å². The van der Waals surface area contributed by atoms with E-state index in [9.17, 15) is 106 Å². The van der Waals surface area contributed by atoms with Crippen LogP contribution in [-0.2, 0) is 105 Å². The van der Waals surface area contributed by atoms with Gasteiger partial charge in [-0.25, -0.2) is 43.2 Å². The van der Waals surface area contributed by atoms with Crippen molar-refractivity contribution in [1.82, 2.24) is 0 Å². The average Bonchev–Trinajstić information content (AvgIpc) is 0.932. The third kappa shape index (κ3) is 12.1. The zero-order valence-corrected chi connectivity index (χ0v) is 43.7. The van der Waals surface area contributed by atoms with Gasteiger partial charge >= 0.3 is 90.0 Å². The van der Waals surface area contributed by atoms with Crippen molar-refractivity contribution in [2.45, 2.75) is 111 Å². The molecule has 5 fully saturated rings. The summed E-state index contributed by atoms with van der Waals surface area (Å²) in [6.07, 6.45) is -14.2. The molecule has 24 nitrogen and oxygen atoms in total. The lowest BCUT2D eigenvalue weighted by Crippen LogP contribution is -2.63. The van der Waals surface area contributed by atoms with Crippen molar-refractivity contribution >= 4 is 53.7 Å². The molecule has 6 aliphatic heterocycles. The fourth-order valence-corrected chi connectivity index (χ4v) is 8.88. The number of hydrogen-bond acceptors (Lipinski definition) is 24. The van der Waals surface area contributed by atoms with Crippen molar-refractivity contribution in [2.75, 3.05) is 7.11 Å². The molecule has 8 aliphatic rings. The summed E-state index contributed by atoms with van der Waals surface area (Å²) in [5.74, 6) is -35.6. The van der Waals surface area contributed by atoms with Crippen molar-refractivity contribution in [1.29, 1.82) is 0 Å². The quantitative estimate of drug-likeness (QED) is 0.0550. The molecule has 0 unspecified atom stereocenters. The number of allylic oxidation sites excluding steroid dienone is 12. The minimum absolute atomic E-state index is 0.246. The van der Waals surface area contributed by atoms with Crippen molar-refractivity contribution in [3.8, 4) is 0 Å². The van der Waals surface area contributed by atoms with E-state index < -0.39 is 153 Å². The van der Waals surface area contributed by atoms with E-state index in [1.54, 1.807) is 0 Å². The summed E-state index contributed by atoms with van der Waals surface area (Å²) in [7, 11) is 1.15. The fourth-order valence-electron chi connectivity index (χ4n) is 8.88. The maximum Gasteiger partial charge on any atom is 0.478 e. The Morgan fingerprint density at radius 1 is 0.330 bits per heavy atom. The van der Waals surface area contributed by atoms with E-state index in [1.165, 1.54) is 24.3 Å². The first kappa shape index (κ1) is 64.1. The number of aliphatic hydroxyl groups is 2. The zero-order chi connectivity index (χ0) is 64.8. The van der Waals surface area contributed by atoms with Gasteiger partial charge in [-0.2, -0.15) is 52.7 Å². The number of methoxy groups -OCH3 is 1. The number of ether oxygens (including phenoxy) is 13. The van der Waals surface area contributed by atoms with Crippen LogP contribution in [0.1, 0.15) is 51.4 Å². The first-order valence-corrected chi connectivity index (χ1v) is 24.6. The van der Waals surface area contributed by atoms with Crippen molar-refractivity contribution in [3.05, 3.63) is 142 Å². The molecule has 4 spiro atoms. The Balaban J connectivity index is 0.801. The van der Waals surface area contributed by atoms with Crippen LogP contribution in [0.25, 0.3) is 0 Å². The Labute approximate surface area is 481 Å². The second-order valence-electron chi connectivity index (χ2n) is 19.0. The van der Waals surface area contributed by atoms with E-state index in [2.05, 4.69) is 18.9 Å². The van der Waals surface area contributed by atoms with E-state index in [0.717, 1.165) is 61.8 Å². The molecule has 6 heterocycles. The SMILES string of the molecule is COC1=C(/C=C/C=C/C=C2C(=O)OC3(CCC4(CC3)OC(=O)C(=CC=CC=CC3=C(O)OC(C(F)(F)F)(C(F)(F)F)OC3=O)C(=O)O4)OC2=O)C(=O)OC2(CCC3(CC2)OC(=O)C(=C/C=C/C=C/C2=C(O)OC(C(F)(F)F)(C(F)(F)F)OC2=O)C(=O)O3)O1. The Morgan fingerprint density at radius 3 is 0.818 bits per heavy atom. The molecule has 2 saturated carbocycles. The summed E-state index contributed by atoms with van der Waals surface area (Å²) in [5, 5.41) is 19.4. The highest BCUT2D eigenvalue weighted by molar-refractivity contribution is 6.17. The number of esters is 9. The molecular formula is C52H36F12O24. The lowest BCUT2D eigenvalue weighted by Gasteiger charge is -2.46. The maximum atomic E-state index is 13.3. The van der Waals surface area contributed by atoms with Crippen molar-refractivity contribution in [2.24, 2.45) is 0 Å². The van der Waals surface area contributed by atoms with Gasteiger partial charge in [0, 0.05) is 51.4 Å². The van der Waals surface area contributed by atoms with Crippen molar-refractivity contribution in [3.63, 3.8) is 0 Å². The smallest absolute Gasteiger partial charge is 0.478 e.